The fraction of sp³-hybridized carbons (Fsp3) is 0.667. The van der Waals surface area contributed by atoms with Crippen molar-refractivity contribution in [3.8, 4) is 0 Å². The van der Waals surface area contributed by atoms with Crippen LogP contribution in [0.3, 0.4) is 0 Å². The van der Waals surface area contributed by atoms with E-state index in [9.17, 15) is 4.79 Å². The highest BCUT2D eigenvalue weighted by Crippen LogP contribution is 2.10. The first-order valence-corrected chi connectivity index (χ1v) is 6.45. The third-order valence-corrected chi connectivity index (χ3v) is 3.04. The Morgan fingerprint density at radius 2 is 2.06 bits per heavy atom. The largest absolute Gasteiger partial charge is 0.450 e. The van der Waals surface area contributed by atoms with Gasteiger partial charge in [0.2, 0.25) is 0 Å². The Hall–Kier alpha value is -1.10. The quantitative estimate of drug-likeness (QED) is 0.622. The van der Waals surface area contributed by atoms with Gasteiger partial charge in [-0.2, -0.15) is 0 Å². The third-order valence-electron chi connectivity index (χ3n) is 2.62. The molecule has 1 aliphatic rings. The lowest BCUT2D eigenvalue weighted by Crippen LogP contribution is -2.32. The van der Waals surface area contributed by atoms with Crippen LogP contribution in [0.15, 0.2) is 11.8 Å². The van der Waals surface area contributed by atoms with E-state index in [1.54, 1.807) is 6.92 Å². The second kappa shape index (κ2) is 7.27. The van der Waals surface area contributed by atoms with E-state index in [0.29, 0.717) is 11.6 Å². The van der Waals surface area contributed by atoms with E-state index < -0.39 is 6.09 Å². The van der Waals surface area contributed by atoms with Gasteiger partial charge in [-0.15, -0.1) is 0 Å². The Kier molecular flexibility index (Phi) is 5.97. The number of rotatable bonds is 3. The van der Waals surface area contributed by atoms with Crippen LogP contribution in [0.4, 0.5) is 4.79 Å². The Morgan fingerprint density at radius 1 is 1.41 bits per heavy atom. The van der Waals surface area contributed by atoms with Crippen molar-refractivity contribution in [1.29, 1.82) is 0 Å². The monoisotopic (exact) mass is 256 g/mol. The van der Waals surface area contributed by atoms with Crippen LogP contribution >= 0.6 is 12.2 Å². The van der Waals surface area contributed by atoms with Crippen molar-refractivity contribution in [3.63, 3.8) is 0 Å². The summed E-state index contributed by atoms with van der Waals surface area (Å²) >= 11 is 5.13. The number of nitrogens with zero attached hydrogens (tertiary/aromatic N) is 1. The Morgan fingerprint density at radius 3 is 2.65 bits per heavy atom. The van der Waals surface area contributed by atoms with Crippen molar-refractivity contribution in [1.82, 2.24) is 10.2 Å². The summed E-state index contributed by atoms with van der Waals surface area (Å²) in [4.78, 5) is 13.9. The molecule has 1 aliphatic heterocycles. The molecule has 1 fully saturated rings. The van der Waals surface area contributed by atoms with Gasteiger partial charge in [-0.3, -0.25) is 5.32 Å². The second-order valence-corrected chi connectivity index (χ2v) is 4.49. The first-order chi connectivity index (χ1) is 8.13. The van der Waals surface area contributed by atoms with Crippen molar-refractivity contribution in [2.45, 2.75) is 33.1 Å². The van der Waals surface area contributed by atoms with Gasteiger partial charge in [0.05, 0.1) is 6.61 Å². The first-order valence-electron chi connectivity index (χ1n) is 6.04. The average molecular weight is 256 g/mol. The number of amides is 1. The smallest absolute Gasteiger partial charge is 0.412 e. The predicted molar refractivity (Wildman–Crippen MR) is 71.9 cm³/mol. The van der Waals surface area contributed by atoms with Gasteiger partial charge in [-0.05, 0) is 38.7 Å². The van der Waals surface area contributed by atoms with E-state index in [0.717, 1.165) is 18.7 Å². The summed E-state index contributed by atoms with van der Waals surface area (Å²) in [7, 11) is 0. The highest BCUT2D eigenvalue weighted by Gasteiger charge is 2.10. The summed E-state index contributed by atoms with van der Waals surface area (Å²) in [6, 6.07) is 0. The molecule has 0 spiro atoms. The van der Waals surface area contributed by atoms with E-state index in [4.69, 9.17) is 17.0 Å². The van der Waals surface area contributed by atoms with E-state index >= 15 is 0 Å². The molecule has 17 heavy (non-hydrogen) atoms. The molecule has 1 amide bonds. The molecule has 1 rings (SSSR count). The average Bonchev–Trinajstić information content (AvgIpc) is 2.30. The van der Waals surface area contributed by atoms with Crippen molar-refractivity contribution >= 4 is 23.3 Å². The molecule has 4 nitrogen and oxygen atoms in total. The molecule has 0 bridgehead atoms. The lowest BCUT2D eigenvalue weighted by molar-refractivity contribution is 0.158. The number of carbonyl (C=O) groups is 1. The Labute approximate surface area is 108 Å². The highest BCUT2D eigenvalue weighted by molar-refractivity contribution is 7.80. The number of ether oxygens (including phenoxy) is 1. The zero-order valence-corrected chi connectivity index (χ0v) is 11.3. The summed E-state index contributed by atoms with van der Waals surface area (Å²) in [6.45, 7) is 6.16. The van der Waals surface area contributed by atoms with Gasteiger partial charge in [0.1, 0.15) is 4.99 Å². The molecule has 0 aromatic heterocycles. The number of nitrogens with one attached hydrogen (secondary N) is 1. The first kappa shape index (κ1) is 14.0. The zero-order valence-electron chi connectivity index (χ0n) is 10.5. The van der Waals surface area contributed by atoms with E-state index in [2.05, 4.69) is 10.2 Å². The number of carbonyl (C=O) groups excluding carboxylic acids is 1. The number of piperidine rings is 1. The van der Waals surface area contributed by atoms with E-state index in [1.807, 2.05) is 13.1 Å². The summed E-state index contributed by atoms with van der Waals surface area (Å²) in [5.41, 5.74) is 0.898. The summed E-state index contributed by atoms with van der Waals surface area (Å²) in [5.74, 6) is 0. The van der Waals surface area contributed by atoms with Gasteiger partial charge in [0.25, 0.3) is 0 Å². The summed E-state index contributed by atoms with van der Waals surface area (Å²) < 4.78 is 4.77. The van der Waals surface area contributed by atoms with Gasteiger partial charge < -0.3 is 9.64 Å². The summed E-state index contributed by atoms with van der Waals surface area (Å²) in [5, 5.41) is 2.55. The summed E-state index contributed by atoms with van der Waals surface area (Å²) in [6.07, 6.45) is 5.29. The molecule has 0 aromatic rings. The van der Waals surface area contributed by atoms with Crippen molar-refractivity contribution in [2.24, 2.45) is 0 Å². The molecular formula is C12H20N2O2S. The standard InChI is InChI=1S/C12H20N2O2S/c1-3-16-12(15)13-11(17)10(2)9-14-7-5-4-6-8-14/h9H,3-8H2,1-2H3,(H,13,15,17)/b10-9-. The van der Waals surface area contributed by atoms with Gasteiger partial charge in [-0.25, -0.2) is 4.79 Å². The number of alkyl carbamates (subject to hydrolysis) is 1. The van der Waals surface area contributed by atoms with E-state index in [1.165, 1.54) is 19.3 Å². The molecule has 0 unspecified atom stereocenters. The maximum absolute atomic E-state index is 11.2. The Bertz CT molecular complexity index is 310. The van der Waals surface area contributed by atoms with Gasteiger partial charge >= 0.3 is 6.09 Å². The van der Waals surface area contributed by atoms with Crippen LogP contribution in [-0.4, -0.2) is 35.7 Å². The topological polar surface area (TPSA) is 41.6 Å². The van der Waals surface area contributed by atoms with Crippen LogP contribution < -0.4 is 5.32 Å². The normalized spacial score (nSPS) is 16.6. The van der Waals surface area contributed by atoms with Crippen LogP contribution in [0.25, 0.3) is 0 Å². The SMILES string of the molecule is CCOC(=O)NC(=S)/C(C)=C\N1CCCCC1. The molecule has 5 heteroatoms. The molecule has 0 aromatic carbocycles. The molecular weight excluding hydrogens is 236 g/mol. The van der Waals surface area contributed by atoms with Crippen LogP contribution in [-0.2, 0) is 4.74 Å². The minimum atomic E-state index is -0.483. The lowest BCUT2D eigenvalue weighted by atomic mass is 10.1. The lowest BCUT2D eigenvalue weighted by Gasteiger charge is -2.25. The van der Waals surface area contributed by atoms with Crippen LogP contribution in [0.2, 0.25) is 0 Å². The molecule has 0 aliphatic carbocycles. The maximum atomic E-state index is 11.2. The number of hydrogen-bond acceptors (Lipinski definition) is 4. The fourth-order valence-corrected chi connectivity index (χ4v) is 1.87. The number of hydrogen-bond donors (Lipinski definition) is 1. The number of likely N-dealkylation sites (tertiary alicyclic amines) is 1. The van der Waals surface area contributed by atoms with Gasteiger partial charge in [0, 0.05) is 19.3 Å². The van der Waals surface area contributed by atoms with Crippen molar-refractivity contribution in [2.75, 3.05) is 19.7 Å². The molecule has 0 saturated carbocycles. The second-order valence-electron chi connectivity index (χ2n) is 4.08. The van der Waals surface area contributed by atoms with E-state index in [-0.39, 0.29) is 0 Å². The number of thiocarbonyl (C=S) groups is 1. The molecule has 0 radical (unpaired) electrons. The van der Waals surface area contributed by atoms with Crippen LogP contribution in [0, 0.1) is 0 Å². The predicted octanol–water partition coefficient (Wildman–Crippen LogP) is 2.45. The molecule has 1 N–H and O–H groups in total. The highest BCUT2D eigenvalue weighted by atomic mass is 32.1. The fourth-order valence-electron chi connectivity index (χ4n) is 1.74. The minimum Gasteiger partial charge on any atom is -0.450 e. The minimum absolute atomic E-state index is 0.351. The third kappa shape index (κ3) is 5.17. The zero-order chi connectivity index (χ0) is 12.7. The Balaban J connectivity index is 2.44. The van der Waals surface area contributed by atoms with Crippen LogP contribution in [0.5, 0.6) is 0 Å². The maximum Gasteiger partial charge on any atom is 0.412 e. The molecule has 1 heterocycles. The van der Waals surface area contributed by atoms with Gasteiger partial charge in [0.15, 0.2) is 0 Å². The van der Waals surface area contributed by atoms with Crippen molar-refractivity contribution < 1.29 is 9.53 Å². The van der Waals surface area contributed by atoms with Gasteiger partial charge in [-0.1, -0.05) is 12.2 Å². The molecule has 1 saturated heterocycles. The molecule has 0 atom stereocenters. The van der Waals surface area contributed by atoms with Crippen LogP contribution in [0.1, 0.15) is 33.1 Å². The molecule has 96 valence electrons. The van der Waals surface area contributed by atoms with Crippen molar-refractivity contribution in [3.05, 3.63) is 11.8 Å².